The number of aryl methyl sites for hydroxylation is 1. The SMILES string of the molecule is Cc1ncccc1C(=O)c1nc(OC[C@@H](C)C(C)(C)C)ccc1C(F)(F)F.[HH].[HH]. The fraction of sp³-hybridized carbons (Fsp3) is 0.450. The van der Waals surface area contributed by atoms with Gasteiger partial charge < -0.3 is 4.74 Å². The first-order valence-corrected chi connectivity index (χ1v) is 8.58. The molecule has 0 aromatic carbocycles. The zero-order valence-corrected chi connectivity index (χ0v) is 16.0. The lowest BCUT2D eigenvalue weighted by Gasteiger charge is -2.27. The number of ketones is 1. The minimum atomic E-state index is -4.70. The predicted octanol–water partition coefficient (Wildman–Crippen LogP) is 5.59. The molecule has 7 heteroatoms. The van der Waals surface area contributed by atoms with Crippen molar-refractivity contribution in [2.45, 2.75) is 40.8 Å². The third-order valence-corrected chi connectivity index (χ3v) is 4.60. The largest absolute Gasteiger partial charge is 0.477 e. The second-order valence-corrected chi connectivity index (χ2v) is 7.59. The lowest BCUT2D eigenvalue weighted by Crippen LogP contribution is -2.24. The molecule has 0 saturated carbocycles. The number of hydrogen-bond donors (Lipinski definition) is 0. The van der Waals surface area contributed by atoms with Gasteiger partial charge in [0.2, 0.25) is 11.7 Å². The molecule has 27 heavy (non-hydrogen) atoms. The number of carbonyl (C=O) groups excluding carboxylic acids is 1. The van der Waals surface area contributed by atoms with Gasteiger partial charge in [-0.1, -0.05) is 27.7 Å². The normalized spacial score (nSPS) is 13.3. The van der Waals surface area contributed by atoms with E-state index in [9.17, 15) is 18.0 Å². The van der Waals surface area contributed by atoms with E-state index in [0.717, 1.165) is 12.1 Å². The Morgan fingerprint density at radius 3 is 2.44 bits per heavy atom. The minimum absolute atomic E-state index is 0. The lowest BCUT2D eigenvalue weighted by atomic mass is 9.83. The molecule has 1 atom stereocenters. The summed E-state index contributed by atoms with van der Waals surface area (Å²) in [5, 5.41) is 0. The van der Waals surface area contributed by atoms with Gasteiger partial charge in [-0.2, -0.15) is 13.2 Å². The molecule has 0 unspecified atom stereocenters. The van der Waals surface area contributed by atoms with Gasteiger partial charge in [-0.05, 0) is 36.5 Å². The fourth-order valence-corrected chi connectivity index (χ4v) is 2.24. The molecule has 0 amide bonds. The third kappa shape index (κ3) is 5.05. The quantitative estimate of drug-likeness (QED) is 0.631. The van der Waals surface area contributed by atoms with Crippen LogP contribution >= 0.6 is 0 Å². The monoisotopic (exact) mass is 384 g/mol. The molecule has 0 aliphatic rings. The van der Waals surface area contributed by atoms with Gasteiger partial charge in [0.15, 0.2) is 0 Å². The van der Waals surface area contributed by atoms with Gasteiger partial charge in [0, 0.05) is 26.4 Å². The Kier molecular flexibility index (Phi) is 5.92. The van der Waals surface area contributed by atoms with Crippen molar-refractivity contribution in [3.63, 3.8) is 0 Å². The van der Waals surface area contributed by atoms with E-state index in [1.165, 1.54) is 18.3 Å². The van der Waals surface area contributed by atoms with Gasteiger partial charge in [-0.15, -0.1) is 0 Å². The zero-order chi connectivity index (χ0) is 20.4. The number of carbonyl (C=O) groups is 1. The standard InChI is InChI=1S/C20H23F3N2O2.2H2/c1-12(19(3,4)5)11-27-16-9-8-15(20(21,22)23)17(25-16)18(26)14-7-6-10-24-13(14)2;;/h6-10,12H,11H2,1-5H3;2*1H/t12-;;/m1../s1. The van der Waals surface area contributed by atoms with Crippen LogP contribution in [0.15, 0.2) is 30.5 Å². The van der Waals surface area contributed by atoms with E-state index < -0.39 is 23.2 Å². The van der Waals surface area contributed by atoms with Crippen LogP contribution in [0, 0.1) is 18.3 Å². The van der Waals surface area contributed by atoms with Crippen LogP contribution in [-0.2, 0) is 6.18 Å². The number of rotatable bonds is 5. The molecule has 0 spiro atoms. The van der Waals surface area contributed by atoms with Crippen molar-refractivity contribution in [1.29, 1.82) is 0 Å². The van der Waals surface area contributed by atoms with Crippen LogP contribution < -0.4 is 4.74 Å². The Morgan fingerprint density at radius 1 is 1.22 bits per heavy atom. The molecule has 2 aromatic rings. The van der Waals surface area contributed by atoms with Crippen molar-refractivity contribution in [2.24, 2.45) is 11.3 Å². The molecule has 0 saturated heterocycles. The Labute approximate surface area is 159 Å². The molecule has 0 aliphatic carbocycles. The fourth-order valence-electron chi connectivity index (χ4n) is 2.24. The highest BCUT2D eigenvalue weighted by Gasteiger charge is 2.37. The Balaban J connectivity index is 0.00000392. The van der Waals surface area contributed by atoms with Crippen molar-refractivity contribution in [3.05, 3.63) is 53.0 Å². The van der Waals surface area contributed by atoms with Crippen LogP contribution in [0.1, 0.15) is 57.9 Å². The minimum Gasteiger partial charge on any atom is -0.477 e. The highest BCUT2D eigenvalue weighted by atomic mass is 19.4. The van der Waals surface area contributed by atoms with Gasteiger partial charge in [0.1, 0.15) is 5.69 Å². The highest BCUT2D eigenvalue weighted by Crippen LogP contribution is 2.34. The van der Waals surface area contributed by atoms with Crippen molar-refractivity contribution in [1.82, 2.24) is 9.97 Å². The second-order valence-electron chi connectivity index (χ2n) is 7.59. The maximum atomic E-state index is 13.4. The predicted molar refractivity (Wildman–Crippen MR) is 100.0 cm³/mol. The first-order chi connectivity index (χ1) is 12.4. The molecule has 0 fully saturated rings. The summed E-state index contributed by atoms with van der Waals surface area (Å²) >= 11 is 0. The van der Waals surface area contributed by atoms with E-state index in [1.54, 1.807) is 6.92 Å². The van der Waals surface area contributed by atoms with Gasteiger partial charge in [-0.3, -0.25) is 9.78 Å². The van der Waals surface area contributed by atoms with Crippen LogP contribution in [0.5, 0.6) is 5.88 Å². The zero-order valence-electron chi connectivity index (χ0n) is 16.0. The van der Waals surface area contributed by atoms with Crippen LogP contribution in [-0.4, -0.2) is 22.4 Å². The van der Waals surface area contributed by atoms with Crippen LogP contribution in [0.2, 0.25) is 0 Å². The molecule has 0 radical (unpaired) electrons. The first-order valence-electron chi connectivity index (χ1n) is 8.58. The van der Waals surface area contributed by atoms with Crippen molar-refractivity contribution in [3.8, 4) is 5.88 Å². The van der Waals surface area contributed by atoms with E-state index in [-0.39, 0.29) is 32.2 Å². The van der Waals surface area contributed by atoms with Crippen LogP contribution in [0.3, 0.4) is 0 Å². The average molecular weight is 384 g/mol. The third-order valence-electron chi connectivity index (χ3n) is 4.60. The number of ether oxygens (including phenoxy) is 1. The summed E-state index contributed by atoms with van der Waals surface area (Å²) in [5.41, 5.74) is -1.38. The van der Waals surface area contributed by atoms with Gasteiger partial charge in [-0.25, -0.2) is 4.98 Å². The molecule has 2 aromatic heterocycles. The number of alkyl halides is 3. The number of halogens is 3. The lowest BCUT2D eigenvalue weighted by molar-refractivity contribution is -0.138. The van der Waals surface area contributed by atoms with Crippen molar-refractivity contribution < 1.29 is 25.6 Å². The Hall–Kier alpha value is -2.44. The number of nitrogens with zero attached hydrogens (tertiary/aromatic N) is 2. The van der Waals surface area contributed by atoms with E-state index >= 15 is 0 Å². The topological polar surface area (TPSA) is 52.1 Å². The van der Waals surface area contributed by atoms with Gasteiger partial charge in [0.25, 0.3) is 0 Å². The van der Waals surface area contributed by atoms with Gasteiger partial charge >= 0.3 is 6.18 Å². The molecule has 0 bridgehead atoms. The van der Waals surface area contributed by atoms with Crippen LogP contribution in [0.25, 0.3) is 0 Å². The molecular formula is C20H27F3N2O2. The maximum absolute atomic E-state index is 13.4. The Bertz CT molecular complexity index is 837. The highest BCUT2D eigenvalue weighted by molar-refractivity contribution is 6.09. The van der Waals surface area contributed by atoms with Crippen LogP contribution in [0.4, 0.5) is 13.2 Å². The molecular weight excluding hydrogens is 357 g/mol. The van der Waals surface area contributed by atoms with E-state index in [4.69, 9.17) is 4.74 Å². The molecule has 2 rings (SSSR count). The molecule has 0 N–H and O–H groups in total. The van der Waals surface area contributed by atoms with E-state index in [1.807, 2.05) is 27.7 Å². The van der Waals surface area contributed by atoms with Crippen molar-refractivity contribution in [2.75, 3.05) is 6.61 Å². The summed E-state index contributed by atoms with van der Waals surface area (Å²) < 4.78 is 45.7. The number of pyridine rings is 2. The van der Waals surface area contributed by atoms with E-state index in [2.05, 4.69) is 9.97 Å². The summed E-state index contributed by atoms with van der Waals surface area (Å²) in [6.07, 6.45) is -3.23. The molecule has 150 valence electrons. The van der Waals surface area contributed by atoms with Gasteiger partial charge in [0.05, 0.1) is 12.2 Å². The Morgan fingerprint density at radius 2 is 1.89 bits per heavy atom. The van der Waals surface area contributed by atoms with E-state index in [0.29, 0.717) is 5.69 Å². The first kappa shape index (κ1) is 20.9. The summed E-state index contributed by atoms with van der Waals surface area (Å²) in [6, 6.07) is 4.91. The summed E-state index contributed by atoms with van der Waals surface area (Å²) in [7, 11) is 0. The van der Waals surface area contributed by atoms with Crippen molar-refractivity contribution >= 4 is 5.78 Å². The summed E-state index contributed by atoms with van der Waals surface area (Å²) in [5.74, 6) is -0.701. The molecule has 0 aliphatic heterocycles. The summed E-state index contributed by atoms with van der Waals surface area (Å²) in [4.78, 5) is 20.6. The smallest absolute Gasteiger partial charge is 0.418 e. The molecule has 2 heterocycles. The average Bonchev–Trinajstić information content (AvgIpc) is 2.57. The maximum Gasteiger partial charge on any atom is 0.418 e. The molecule has 4 nitrogen and oxygen atoms in total. The summed E-state index contributed by atoms with van der Waals surface area (Å²) in [6.45, 7) is 9.95. The second kappa shape index (κ2) is 7.66. The number of aromatic nitrogens is 2. The number of hydrogen-bond acceptors (Lipinski definition) is 4.